The zero-order valence-electron chi connectivity index (χ0n) is 12.2. The molecule has 3 N–H and O–H groups in total. The average molecular weight is 265 g/mol. The first kappa shape index (κ1) is 15.8. The molecule has 108 valence electrons. The first-order chi connectivity index (χ1) is 9.30. The van der Waals surface area contributed by atoms with E-state index in [1.54, 1.807) is 0 Å². The molecule has 4 heteroatoms. The molecule has 0 radical (unpaired) electrons. The third kappa shape index (κ3) is 6.45. The summed E-state index contributed by atoms with van der Waals surface area (Å²) in [5.41, 5.74) is 6.57. The number of benzene rings is 1. The number of nitrogens with zero attached hydrogens (tertiary/aromatic N) is 1. The van der Waals surface area contributed by atoms with Gasteiger partial charge in [-0.1, -0.05) is 19.9 Å². The Balaban J connectivity index is 2.35. The topological polar surface area (TPSA) is 50.5 Å². The van der Waals surface area contributed by atoms with E-state index in [2.05, 4.69) is 24.1 Å². The number of hydrogen-bond donors (Lipinski definition) is 2. The van der Waals surface area contributed by atoms with Crippen LogP contribution in [0.15, 0.2) is 24.3 Å². The smallest absolute Gasteiger partial charge is 0.121 e. The monoisotopic (exact) mass is 265 g/mol. The normalized spacial score (nSPS) is 10.7. The molecule has 0 unspecified atom stereocenters. The van der Waals surface area contributed by atoms with Crippen molar-refractivity contribution in [3.05, 3.63) is 24.3 Å². The predicted molar refractivity (Wildman–Crippen MR) is 81.9 cm³/mol. The summed E-state index contributed by atoms with van der Waals surface area (Å²) in [5.74, 6) is 0.921. The largest absolute Gasteiger partial charge is 0.492 e. The first-order valence-electron chi connectivity index (χ1n) is 7.19. The average Bonchev–Trinajstić information content (AvgIpc) is 2.44. The van der Waals surface area contributed by atoms with Crippen molar-refractivity contribution in [2.24, 2.45) is 5.73 Å². The lowest BCUT2D eigenvalue weighted by atomic mass is 10.3. The lowest BCUT2D eigenvalue weighted by Crippen LogP contribution is -2.27. The number of rotatable bonds is 10. The predicted octanol–water partition coefficient (Wildman–Crippen LogP) is 2.17. The van der Waals surface area contributed by atoms with Crippen LogP contribution in [0.5, 0.6) is 5.75 Å². The molecule has 0 saturated heterocycles. The fourth-order valence-corrected chi connectivity index (χ4v) is 1.86. The van der Waals surface area contributed by atoms with Crippen LogP contribution in [0.1, 0.15) is 20.3 Å². The van der Waals surface area contributed by atoms with Gasteiger partial charge in [-0.3, -0.25) is 0 Å². The van der Waals surface area contributed by atoms with Crippen LogP contribution in [0.3, 0.4) is 0 Å². The maximum absolute atomic E-state index is 5.78. The van der Waals surface area contributed by atoms with Gasteiger partial charge in [0.2, 0.25) is 0 Å². The molecule has 1 rings (SSSR count). The Morgan fingerprint density at radius 2 is 2.05 bits per heavy atom. The number of nitrogens with one attached hydrogen (secondary N) is 1. The van der Waals surface area contributed by atoms with Gasteiger partial charge < -0.3 is 20.7 Å². The van der Waals surface area contributed by atoms with Gasteiger partial charge in [0.1, 0.15) is 12.4 Å². The third-order valence-electron chi connectivity index (χ3n) is 3.11. The molecular formula is C15H27N3O. The van der Waals surface area contributed by atoms with E-state index in [-0.39, 0.29) is 0 Å². The molecule has 0 saturated carbocycles. The van der Waals surface area contributed by atoms with Crippen molar-refractivity contribution < 1.29 is 4.74 Å². The molecule has 0 bridgehead atoms. The molecule has 0 heterocycles. The van der Waals surface area contributed by atoms with Crippen LogP contribution in [0, 0.1) is 0 Å². The molecule has 0 spiro atoms. The van der Waals surface area contributed by atoms with Crippen molar-refractivity contribution in [1.29, 1.82) is 0 Å². The van der Waals surface area contributed by atoms with E-state index in [9.17, 15) is 0 Å². The molecule has 1 aromatic rings. The number of hydrogen-bond acceptors (Lipinski definition) is 4. The number of nitrogens with two attached hydrogens (primary N) is 1. The quantitative estimate of drug-likeness (QED) is 0.637. The van der Waals surface area contributed by atoms with Gasteiger partial charge in [-0.2, -0.15) is 0 Å². The molecule has 0 atom stereocenters. The van der Waals surface area contributed by atoms with Crippen molar-refractivity contribution in [3.63, 3.8) is 0 Å². The third-order valence-corrected chi connectivity index (χ3v) is 3.11. The van der Waals surface area contributed by atoms with E-state index in [0.29, 0.717) is 6.54 Å². The van der Waals surface area contributed by atoms with Gasteiger partial charge in [-0.15, -0.1) is 0 Å². The summed E-state index contributed by atoms with van der Waals surface area (Å²) >= 11 is 0. The van der Waals surface area contributed by atoms with E-state index in [4.69, 9.17) is 10.5 Å². The molecule has 1 aromatic carbocycles. The molecular weight excluding hydrogens is 238 g/mol. The highest BCUT2D eigenvalue weighted by atomic mass is 16.5. The molecule has 0 fully saturated rings. The Morgan fingerprint density at radius 3 is 2.74 bits per heavy atom. The maximum Gasteiger partial charge on any atom is 0.121 e. The lowest BCUT2D eigenvalue weighted by Gasteiger charge is -2.18. The standard InChI is InChI=1S/C15H27N3O/c1-3-18(4-2)11-12-19-15-8-5-7-14(13-15)17-10-6-9-16/h5,7-8,13,17H,3-4,6,9-12,16H2,1-2H3. The van der Waals surface area contributed by atoms with Crippen LogP contribution >= 0.6 is 0 Å². The zero-order valence-corrected chi connectivity index (χ0v) is 12.2. The van der Waals surface area contributed by atoms with Gasteiger partial charge in [-0.25, -0.2) is 0 Å². The summed E-state index contributed by atoms with van der Waals surface area (Å²) in [5, 5.41) is 3.34. The second kappa shape index (κ2) is 9.64. The lowest BCUT2D eigenvalue weighted by molar-refractivity contribution is 0.223. The molecule has 4 nitrogen and oxygen atoms in total. The van der Waals surface area contributed by atoms with Crippen molar-refractivity contribution in [3.8, 4) is 5.75 Å². The summed E-state index contributed by atoms with van der Waals surface area (Å²) < 4.78 is 5.78. The summed E-state index contributed by atoms with van der Waals surface area (Å²) in [6, 6.07) is 8.10. The van der Waals surface area contributed by atoms with E-state index >= 15 is 0 Å². The van der Waals surface area contributed by atoms with E-state index in [1.807, 2.05) is 24.3 Å². The first-order valence-corrected chi connectivity index (χ1v) is 7.19. The van der Waals surface area contributed by atoms with Crippen LogP contribution in [-0.2, 0) is 0 Å². The second-order valence-corrected chi connectivity index (χ2v) is 4.47. The van der Waals surface area contributed by atoms with E-state index in [1.165, 1.54) is 0 Å². The Morgan fingerprint density at radius 1 is 1.26 bits per heavy atom. The highest BCUT2D eigenvalue weighted by Gasteiger charge is 2.00. The van der Waals surface area contributed by atoms with Crippen molar-refractivity contribution in [2.45, 2.75) is 20.3 Å². The zero-order chi connectivity index (χ0) is 13.9. The van der Waals surface area contributed by atoms with Crippen LogP contribution < -0.4 is 15.8 Å². The van der Waals surface area contributed by atoms with Crippen LogP contribution in [0.4, 0.5) is 5.69 Å². The minimum atomic E-state index is 0.715. The molecule has 0 aliphatic carbocycles. The Kier molecular flexibility index (Phi) is 8.02. The minimum Gasteiger partial charge on any atom is -0.492 e. The van der Waals surface area contributed by atoms with Crippen LogP contribution in [-0.4, -0.2) is 44.2 Å². The van der Waals surface area contributed by atoms with Gasteiger partial charge in [-0.05, 0) is 38.2 Å². The Labute approximate surface area is 116 Å². The highest BCUT2D eigenvalue weighted by Crippen LogP contribution is 2.17. The van der Waals surface area contributed by atoms with Crippen LogP contribution in [0.25, 0.3) is 0 Å². The molecule has 19 heavy (non-hydrogen) atoms. The molecule has 0 amide bonds. The fourth-order valence-electron chi connectivity index (χ4n) is 1.86. The molecule has 0 aromatic heterocycles. The van der Waals surface area contributed by atoms with Gasteiger partial charge in [0.05, 0.1) is 0 Å². The SMILES string of the molecule is CCN(CC)CCOc1cccc(NCCCN)c1. The summed E-state index contributed by atoms with van der Waals surface area (Å²) in [4.78, 5) is 2.35. The minimum absolute atomic E-state index is 0.715. The van der Waals surface area contributed by atoms with Gasteiger partial charge >= 0.3 is 0 Å². The fraction of sp³-hybridized carbons (Fsp3) is 0.600. The van der Waals surface area contributed by atoms with Gasteiger partial charge in [0.15, 0.2) is 0 Å². The number of likely N-dealkylation sites (N-methyl/N-ethyl adjacent to an activating group) is 1. The Hall–Kier alpha value is -1.26. The van der Waals surface area contributed by atoms with Crippen molar-refractivity contribution in [2.75, 3.05) is 44.6 Å². The van der Waals surface area contributed by atoms with Crippen molar-refractivity contribution >= 4 is 5.69 Å². The number of anilines is 1. The second-order valence-electron chi connectivity index (χ2n) is 4.47. The number of ether oxygens (including phenoxy) is 1. The van der Waals surface area contributed by atoms with Crippen LogP contribution in [0.2, 0.25) is 0 Å². The molecule has 0 aliphatic rings. The summed E-state index contributed by atoms with van der Waals surface area (Å²) in [6.45, 7) is 9.80. The Bertz CT molecular complexity index is 340. The highest BCUT2D eigenvalue weighted by molar-refractivity contribution is 5.48. The van der Waals surface area contributed by atoms with Crippen molar-refractivity contribution in [1.82, 2.24) is 4.90 Å². The van der Waals surface area contributed by atoms with E-state index < -0.39 is 0 Å². The van der Waals surface area contributed by atoms with Gasteiger partial charge in [0, 0.05) is 24.8 Å². The van der Waals surface area contributed by atoms with E-state index in [0.717, 1.165) is 50.6 Å². The maximum atomic E-state index is 5.78. The molecule has 0 aliphatic heterocycles. The summed E-state index contributed by atoms with van der Waals surface area (Å²) in [6.07, 6.45) is 0.979. The van der Waals surface area contributed by atoms with Gasteiger partial charge in [0.25, 0.3) is 0 Å². The summed E-state index contributed by atoms with van der Waals surface area (Å²) in [7, 11) is 0.